The highest BCUT2D eigenvalue weighted by Crippen LogP contribution is 2.27. The fraction of sp³-hybridized carbons (Fsp3) is 0.364. The highest BCUT2D eigenvalue weighted by atomic mass is 16.3. The fourth-order valence-electron chi connectivity index (χ4n) is 3.70. The summed E-state index contributed by atoms with van der Waals surface area (Å²) in [4.78, 5) is 21.2. The number of rotatable bonds is 4. The van der Waals surface area contributed by atoms with E-state index >= 15 is 0 Å². The van der Waals surface area contributed by atoms with Gasteiger partial charge in [-0.2, -0.15) is 0 Å². The van der Waals surface area contributed by atoms with Crippen molar-refractivity contribution >= 4 is 16.9 Å². The van der Waals surface area contributed by atoms with E-state index < -0.39 is 0 Å². The molecule has 4 rings (SSSR count). The first-order valence-electron chi connectivity index (χ1n) is 9.47. The van der Waals surface area contributed by atoms with Crippen LogP contribution in [0.15, 0.2) is 47.3 Å². The third kappa shape index (κ3) is 3.74. The van der Waals surface area contributed by atoms with Gasteiger partial charge in [-0.1, -0.05) is 12.1 Å². The van der Waals surface area contributed by atoms with Crippen LogP contribution in [0.4, 0.5) is 0 Å². The zero-order valence-corrected chi connectivity index (χ0v) is 15.9. The highest BCUT2D eigenvalue weighted by Gasteiger charge is 2.22. The Kier molecular flexibility index (Phi) is 4.94. The average molecular weight is 363 g/mol. The number of hydrogen-bond donors (Lipinski definition) is 0. The van der Waals surface area contributed by atoms with Gasteiger partial charge in [-0.15, -0.1) is 0 Å². The molecule has 0 unspecified atom stereocenters. The Bertz CT molecular complexity index is 941. The molecule has 0 bridgehead atoms. The van der Waals surface area contributed by atoms with E-state index in [-0.39, 0.29) is 5.91 Å². The van der Waals surface area contributed by atoms with Crippen molar-refractivity contribution in [2.75, 3.05) is 26.2 Å². The van der Waals surface area contributed by atoms with Crippen molar-refractivity contribution in [3.63, 3.8) is 0 Å². The van der Waals surface area contributed by atoms with Gasteiger partial charge in [-0.3, -0.25) is 14.7 Å². The van der Waals surface area contributed by atoms with Gasteiger partial charge in [0, 0.05) is 56.1 Å². The van der Waals surface area contributed by atoms with Crippen LogP contribution in [-0.2, 0) is 17.8 Å². The maximum absolute atomic E-state index is 12.8. The molecule has 1 aliphatic rings. The molecule has 5 heteroatoms. The molecule has 0 N–H and O–H groups in total. The van der Waals surface area contributed by atoms with Gasteiger partial charge in [0.1, 0.15) is 5.58 Å². The van der Waals surface area contributed by atoms with Gasteiger partial charge < -0.3 is 9.32 Å². The summed E-state index contributed by atoms with van der Waals surface area (Å²) in [6.07, 6.45) is 5.80. The molecule has 3 aromatic rings. The first-order chi connectivity index (χ1) is 13.1. The molecule has 27 heavy (non-hydrogen) atoms. The first kappa shape index (κ1) is 17.7. The summed E-state index contributed by atoms with van der Waals surface area (Å²) in [5.41, 5.74) is 5.51. The van der Waals surface area contributed by atoms with Crippen LogP contribution in [-0.4, -0.2) is 46.9 Å². The number of carbonyl (C=O) groups excluding carboxylic acids is 1. The first-order valence-corrected chi connectivity index (χ1v) is 9.47. The molecule has 3 heterocycles. The molecule has 1 aliphatic heterocycles. The van der Waals surface area contributed by atoms with Gasteiger partial charge in [0.15, 0.2) is 0 Å². The minimum absolute atomic E-state index is 0.180. The molecule has 0 spiro atoms. The summed E-state index contributed by atoms with van der Waals surface area (Å²) in [5.74, 6) is 0.180. The van der Waals surface area contributed by atoms with E-state index in [9.17, 15) is 4.79 Å². The van der Waals surface area contributed by atoms with Crippen molar-refractivity contribution in [2.45, 2.75) is 26.8 Å². The zero-order valence-electron chi connectivity index (χ0n) is 15.9. The van der Waals surface area contributed by atoms with Crippen LogP contribution in [0.3, 0.4) is 0 Å². The summed E-state index contributed by atoms with van der Waals surface area (Å²) in [5, 5.41) is 1.06. The molecule has 0 saturated carbocycles. The smallest absolute Gasteiger partial charge is 0.227 e. The molecule has 140 valence electrons. The number of carbonyl (C=O) groups is 1. The van der Waals surface area contributed by atoms with Gasteiger partial charge >= 0.3 is 0 Å². The van der Waals surface area contributed by atoms with Crippen molar-refractivity contribution in [3.8, 4) is 0 Å². The molecular formula is C22H25N3O2. The Balaban J connectivity index is 1.37. The van der Waals surface area contributed by atoms with Crippen molar-refractivity contribution in [3.05, 3.63) is 65.2 Å². The Morgan fingerprint density at radius 1 is 1.07 bits per heavy atom. The van der Waals surface area contributed by atoms with Gasteiger partial charge in [-0.25, -0.2) is 0 Å². The van der Waals surface area contributed by atoms with Crippen LogP contribution < -0.4 is 0 Å². The number of aryl methyl sites for hydroxylation is 2. The Morgan fingerprint density at radius 2 is 1.81 bits per heavy atom. The van der Waals surface area contributed by atoms with Crippen LogP contribution in [0.25, 0.3) is 11.0 Å². The summed E-state index contributed by atoms with van der Waals surface area (Å²) >= 11 is 0. The van der Waals surface area contributed by atoms with Crippen molar-refractivity contribution in [2.24, 2.45) is 0 Å². The van der Waals surface area contributed by atoms with Crippen LogP contribution in [0.5, 0.6) is 0 Å². The number of amides is 1. The molecular weight excluding hydrogens is 338 g/mol. The SMILES string of the molecule is Cc1ccc2c(CC(=O)N3CCN(Cc4ccncc4)CC3)coc2c1C. The second kappa shape index (κ2) is 7.53. The van der Waals surface area contributed by atoms with Crippen LogP contribution in [0.2, 0.25) is 0 Å². The lowest BCUT2D eigenvalue weighted by Gasteiger charge is -2.34. The third-order valence-electron chi connectivity index (χ3n) is 5.56. The second-order valence-electron chi connectivity index (χ2n) is 7.33. The Hall–Kier alpha value is -2.66. The van der Waals surface area contributed by atoms with Gasteiger partial charge in [0.05, 0.1) is 12.7 Å². The lowest BCUT2D eigenvalue weighted by Crippen LogP contribution is -2.48. The topological polar surface area (TPSA) is 49.6 Å². The fourth-order valence-corrected chi connectivity index (χ4v) is 3.70. The summed E-state index contributed by atoms with van der Waals surface area (Å²) in [6, 6.07) is 8.26. The zero-order chi connectivity index (χ0) is 18.8. The molecule has 1 aromatic carbocycles. The standard InChI is InChI=1S/C22H25N3O2/c1-16-3-4-20-19(15-27-22(20)17(16)2)13-21(26)25-11-9-24(10-12-25)14-18-5-7-23-8-6-18/h3-8,15H,9-14H2,1-2H3. The highest BCUT2D eigenvalue weighted by molar-refractivity contribution is 5.89. The number of pyridine rings is 1. The van der Waals surface area contributed by atoms with Crippen LogP contribution >= 0.6 is 0 Å². The van der Waals surface area contributed by atoms with E-state index in [1.165, 1.54) is 11.1 Å². The largest absolute Gasteiger partial charge is 0.464 e. The lowest BCUT2D eigenvalue weighted by atomic mass is 10.0. The minimum Gasteiger partial charge on any atom is -0.464 e. The van der Waals surface area contributed by atoms with Gasteiger partial charge in [0.25, 0.3) is 0 Å². The van der Waals surface area contributed by atoms with E-state index in [0.29, 0.717) is 6.42 Å². The lowest BCUT2D eigenvalue weighted by molar-refractivity contribution is -0.132. The number of benzene rings is 1. The molecule has 1 amide bonds. The summed E-state index contributed by atoms with van der Waals surface area (Å²) in [6.45, 7) is 8.41. The van der Waals surface area contributed by atoms with Crippen molar-refractivity contribution in [1.82, 2.24) is 14.8 Å². The van der Waals surface area contributed by atoms with E-state index in [4.69, 9.17) is 4.42 Å². The number of hydrogen-bond acceptors (Lipinski definition) is 4. The van der Waals surface area contributed by atoms with Crippen molar-refractivity contribution < 1.29 is 9.21 Å². The maximum Gasteiger partial charge on any atom is 0.227 e. The van der Waals surface area contributed by atoms with Gasteiger partial charge in [-0.05, 0) is 42.7 Å². The monoisotopic (exact) mass is 363 g/mol. The maximum atomic E-state index is 12.8. The number of furan rings is 1. The number of nitrogens with zero attached hydrogens (tertiary/aromatic N) is 3. The molecule has 0 radical (unpaired) electrons. The second-order valence-corrected chi connectivity index (χ2v) is 7.33. The van der Waals surface area contributed by atoms with Crippen molar-refractivity contribution in [1.29, 1.82) is 0 Å². The predicted molar refractivity (Wildman–Crippen MR) is 105 cm³/mol. The van der Waals surface area contributed by atoms with E-state index in [0.717, 1.165) is 54.8 Å². The molecule has 1 fully saturated rings. The number of piperazine rings is 1. The normalized spacial score (nSPS) is 15.4. The van der Waals surface area contributed by atoms with Crippen LogP contribution in [0.1, 0.15) is 22.3 Å². The number of aromatic nitrogens is 1. The minimum atomic E-state index is 0.180. The van der Waals surface area contributed by atoms with E-state index in [1.807, 2.05) is 29.4 Å². The Labute approximate surface area is 159 Å². The summed E-state index contributed by atoms with van der Waals surface area (Å²) < 4.78 is 5.75. The molecule has 2 aromatic heterocycles. The van der Waals surface area contributed by atoms with Gasteiger partial charge in [0.2, 0.25) is 5.91 Å². The quantitative estimate of drug-likeness (QED) is 0.713. The predicted octanol–water partition coefficient (Wildman–Crippen LogP) is 3.33. The molecule has 5 nitrogen and oxygen atoms in total. The number of fused-ring (bicyclic) bond motifs is 1. The molecule has 0 atom stereocenters. The molecule has 1 saturated heterocycles. The van der Waals surface area contributed by atoms with E-state index in [1.54, 1.807) is 6.26 Å². The Morgan fingerprint density at radius 3 is 2.56 bits per heavy atom. The summed E-state index contributed by atoms with van der Waals surface area (Å²) in [7, 11) is 0. The average Bonchev–Trinajstić information content (AvgIpc) is 3.09. The third-order valence-corrected chi connectivity index (χ3v) is 5.56. The van der Waals surface area contributed by atoms with Crippen LogP contribution in [0, 0.1) is 13.8 Å². The molecule has 0 aliphatic carbocycles. The van der Waals surface area contributed by atoms with E-state index in [2.05, 4.69) is 35.9 Å².